The molecule has 0 aromatic heterocycles. The van der Waals surface area contributed by atoms with E-state index in [0.29, 0.717) is 29.9 Å². The number of carbonyl (C=O) groups excluding carboxylic acids is 2. The van der Waals surface area contributed by atoms with Crippen molar-refractivity contribution >= 4 is 34.8 Å². The van der Waals surface area contributed by atoms with Gasteiger partial charge in [0, 0.05) is 29.9 Å². The van der Waals surface area contributed by atoms with Gasteiger partial charge in [0.1, 0.15) is 5.82 Å². The van der Waals surface area contributed by atoms with Gasteiger partial charge < -0.3 is 10.2 Å². The molecule has 0 bridgehead atoms. The van der Waals surface area contributed by atoms with E-state index in [4.69, 9.17) is 11.6 Å². The number of amides is 2. The minimum atomic E-state index is -0.542. The van der Waals surface area contributed by atoms with Gasteiger partial charge in [0.2, 0.25) is 5.91 Å². The van der Waals surface area contributed by atoms with Crippen molar-refractivity contribution in [2.45, 2.75) is 12.8 Å². The van der Waals surface area contributed by atoms with Crippen LogP contribution in [0.2, 0.25) is 5.02 Å². The van der Waals surface area contributed by atoms with Gasteiger partial charge in [0.05, 0.1) is 5.02 Å². The number of carbonyl (C=O) groups is 2. The van der Waals surface area contributed by atoms with E-state index in [1.165, 1.54) is 18.2 Å². The van der Waals surface area contributed by atoms with E-state index in [0.717, 1.165) is 6.42 Å². The van der Waals surface area contributed by atoms with Gasteiger partial charge in [-0.15, -0.1) is 0 Å². The van der Waals surface area contributed by atoms with Crippen molar-refractivity contribution in [1.82, 2.24) is 0 Å². The molecule has 2 aromatic rings. The maximum Gasteiger partial charge on any atom is 0.255 e. The number of nitrogens with one attached hydrogen (secondary N) is 1. The average molecular weight is 333 g/mol. The molecule has 6 heteroatoms. The smallest absolute Gasteiger partial charge is 0.255 e. The van der Waals surface area contributed by atoms with Crippen molar-refractivity contribution in [1.29, 1.82) is 0 Å². The Morgan fingerprint density at radius 3 is 2.74 bits per heavy atom. The maximum absolute atomic E-state index is 13.1. The summed E-state index contributed by atoms with van der Waals surface area (Å²) in [6.45, 7) is 0.664. The van der Waals surface area contributed by atoms with Crippen LogP contribution in [0.15, 0.2) is 42.5 Å². The molecule has 1 heterocycles. The molecule has 0 radical (unpaired) electrons. The van der Waals surface area contributed by atoms with Crippen molar-refractivity contribution in [3.63, 3.8) is 0 Å². The molecule has 0 spiro atoms. The molecule has 0 aliphatic carbocycles. The molecule has 2 aromatic carbocycles. The lowest BCUT2D eigenvalue weighted by atomic mass is 10.1. The largest absolute Gasteiger partial charge is 0.322 e. The fourth-order valence-electron chi connectivity index (χ4n) is 2.51. The molecule has 2 amide bonds. The van der Waals surface area contributed by atoms with Crippen LogP contribution in [0.1, 0.15) is 23.2 Å². The number of nitrogens with zero attached hydrogens (tertiary/aromatic N) is 1. The molecule has 1 aliphatic rings. The zero-order valence-corrected chi connectivity index (χ0v) is 12.9. The summed E-state index contributed by atoms with van der Waals surface area (Å²) in [7, 11) is 0. The number of halogens is 2. The van der Waals surface area contributed by atoms with Gasteiger partial charge >= 0.3 is 0 Å². The third-order valence-electron chi connectivity index (χ3n) is 3.67. The van der Waals surface area contributed by atoms with Crippen molar-refractivity contribution in [3.8, 4) is 0 Å². The van der Waals surface area contributed by atoms with Crippen LogP contribution in [-0.4, -0.2) is 18.4 Å². The van der Waals surface area contributed by atoms with E-state index in [1.807, 2.05) is 0 Å². The molecule has 0 atom stereocenters. The van der Waals surface area contributed by atoms with E-state index < -0.39 is 5.82 Å². The number of anilines is 2. The van der Waals surface area contributed by atoms with Crippen LogP contribution in [0.25, 0.3) is 0 Å². The van der Waals surface area contributed by atoms with Crippen LogP contribution in [0.5, 0.6) is 0 Å². The van der Waals surface area contributed by atoms with Gasteiger partial charge in [-0.05, 0) is 42.8 Å². The summed E-state index contributed by atoms with van der Waals surface area (Å²) in [5.74, 6) is -0.826. The van der Waals surface area contributed by atoms with Gasteiger partial charge in [-0.25, -0.2) is 4.39 Å². The van der Waals surface area contributed by atoms with Crippen molar-refractivity contribution in [2.24, 2.45) is 0 Å². The summed E-state index contributed by atoms with van der Waals surface area (Å²) in [4.78, 5) is 25.8. The first kappa shape index (κ1) is 15.5. The standard InChI is InChI=1S/C17H14ClFN2O2/c18-14-10-12(6-7-15(14)19)20-17(23)11-3-1-4-13(9-11)21-8-2-5-16(21)22/h1,3-4,6-7,9-10H,2,5,8H2,(H,20,23). The van der Waals surface area contributed by atoms with E-state index >= 15 is 0 Å². The van der Waals surface area contributed by atoms with Gasteiger partial charge in [0.25, 0.3) is 5.91 Å². The molecule has 0 unspecified atom stereocenters. The minimum absolute atomic E-state index is 0.0563. The second-order valence-corrected chi connectivity index (χ2v) is 5.69. The van der Waals surface area contributed by atoms with Crippen LogP contribution in [0, 0.1) is 5.82 Å². The summed E-state index contributed by atoms with van der Waals surface area (Å²) in [6.07, 6.45) is 1.35. The Bertz CT molecular complexity index is 779. The minimum Gasteiger partial charge on any atom is -0.322 e. The highest BCUT2D eigenvalue weighted by atomic mass is 35.5. The second kappa shape index (κ2) is 6.38. The zero-order chi connectivity index (χ0) is 16.4. The summed E-state index contributed by atoms with van der Waals surface area (Å²) < 4.78 is 13.1. The molecular formula is C17H14ClFN2O2. The van der Waals surface area contributed by atoms with E-state index in [2.05, 4.69) is 5.32 Å². The summed E-state index contributed by atoms with van der Waals surface area (Å²) in [5.41, 5.74) is 1.53. The lowest BCUT2D eigenvalue weighted by molar-refractivity contribution is -0.117. The first-order valence-electron chi connectivity index (χ1n) is 7.21. The lowest BCUT2D eigenvalue weighted by Crippen LogP contribution is -2.24. The lowest BCUT2D eigenvalue weighted by Gasteiger charge is -2.16. The predicted molar refractivity (Wildman–Crippen MR) is 87.4 cm³/mol. The quantitative estimate of drug-likeness (QED) is 0.928. The van der Waals surface area contributed by atoms with Crippen LogP contribution < -0.4 is 10.2 Å². The fourth-order valence-corrected chi connectivity index (χ4v) is 2.69. The second-order valence-electron chi connectivity index (χ2n) is 5.28. The molecule has 1 N–H and O–H groups in total. The Hall–Kier alpha value is -2.40. The van der Waals surface area contributed by atoms with Gasteiger partial charge in [-0.2, -0.15) is 0 Å². The topological polar surface area (TPSA) is 49.4 Å². The molecule has 3 rings (SSSR count). The molecule has 1 saturated heterocycles. The highest BCUT2D eigenvalue weighted by Gasteiger charge is 2.22. The highest BCUT2D eigenvalue weighted by molar-refractivity contribution is 6.31. The van der Waals surface area contributed by atoms with Crippen LogP contribution in [-0.2, 0) is 4.79 Å². The average Bonchev–Trinajstić information content (AvgIpc) is 2.97. The van der Waals surface area contributed by atoms with E-state index in [1.54, 1.807) is 29.2 Å². The summed E-state index contributed by atoms with van der Waals surface area (Å²) >= 11 is 5.70. The van der Waals surface area contributed by atoms with Crippen LogP contribution >= 0.6 is 11.6 Å². The van der Waals surface area contributed by atoms with Crippen LogP contribution in [0.4, 0.5) is 15.8 Å². The molecular weight excluding hydrogens is 319 g/mol. The predicted octanol–water partition coefficient (Wildman–Crippen LogP) is 3.86. The maximum atomic E-state index is 13.1. The number of hydrogen-bond donors (Lipinski definition) is 1. The van der Waals surface area contributed by atoms with Crippen molar-refractivity contribution < 1.29 is 14.0 Å². The van der Waals surface area contributed by atoms with Crippen LogP contribution in [0.3, 0.4) is 0 Å². The molecule has 23 heavy (non-hydrogen) atoms. The third-order valence-corrected chi connectivity index (χ3v) is 3.96. The normalized spacial score (nSPS) is 14.2. The summed E-state index contributed by atoms with van der Waals surface area (Å²) in [6, 6.07) is 10.8. The Morgan fingerprint density at radius 2 is 2.04 bits per heavy atom. The third kappa shape index (κ3) is 3.35. The monoisotopic (exact) mass is 332 g/mol. The molecule has 4 nitrogen and oxygen atoms in total. The van der Waals surface area contributed by atoms with Crippen molar-refractivity contribution in [2.75, 3.05) is 16.8 Å². The molecule has 0 saturated carbocycles. The number of benzene rings is 2. The van der Waals surface area contributed by atoms with Gasteiger partial charge in [-0.1, -0.05) is 17.7 Å². The van der Waals surface area contributed by atoms with E-state index in [-0.39, 0.29) is 16.8 Å². The van der Waals surface area contributed by atoms with Gasteiger partial charge in [0.15, 0.2) is 0 Å². The first-order valence-corrected chi connectivity index (χ1v) is 7.59. The Labute approximate surface area is 137 Å². The molecule has 1 aliphatic heterocycles. The Morgan fingerprint density at radius 1 is 1.22 bits per heavy atom. The van der Waals surface area contributed by atoms with E-state index in [9.17, 15) is 14.0 Å². The fraction of sp³-hybridized carbons (Fsp3) is 0.176. The molecule has 118 valence electrons. The Balaban J connectivity index is 1.79. The van der Waals surface area contributed by atoms with Crippen molar-refractivity contribution in [3.05, 3.63) is 58.9 Å². The summed E-state index contributed by atoms with van der Waals surface area (Å²) in [5, 5.41) is 2.61. The SMILES string of the molecule is O=C(Nc1ccc(F)c(Cl)c1)c1cccc(N2CCCC2=O)c1. The molecule has 1 fully saturated rings. The highest BCUT2D eigenvalue weighted by Crippen LogP contribution is 2.23. The zero-order valence-electron chi connectivity index (χ0n) is 12.2. The first-order chi connectivity index (χ1) is 11.0. The Kier molecular flexibility index (Phi) is 4.30. The number of hydrogen-bond acceptors (Lipinski definition) is 2. The number of rotatable bonds is 3. The van der Waals surface area contributed by atoms with Gasteiger partial charge in [-0.3, -0.25) is 9.59 Å².